The van der Waals surface area contributed by atoms with Crippen LogP contribution in [0, 0.1) is 0 Å². The van der Waals surface area contributed by atoms with E-state index in [1.165, 1.54) is 0 Å². The van der Waals surface area contributed by atoms with Gasteiger partial charge in [-0.2, -0.15) is 0 Å². The van der Waals surface area contributed by atoms with Crippen molar-refractivity contribution in [3.05, 3.63) is 30.3 Å². The first-order valence-corrected chi connectivity index (χ1v) is 6.03. The molecule has 0 aromatic heterocycles. The molecule has 0 bridgehead atoms. The van der Waals surface area contributed by atoms with Crippen molar-refractivity contribution >= 4 is 11.9 Å². The highest BCUT2D eigenvalue weighted by Gasteiger charge is 2.21. The number of carboxylic acid groups (broad SMARTS) is 2. The second kappa shape index (κ2) is 8.13. The summed E-state index contributed by atoms with van der Waals surface area (Å²) in [6.45, 7) is -0.0898. The van der Waals surface area contributed by atoms with Crippen LogP contribution in [0.5, 0.6) is 5.75 Å². The van der Waals surface area contributed by atoms with Crippen molar-refractivity contribution in [2.45, 2.75) is 18.6 Å². The lowest BCUT2D eigenvalue weighted by Crippen LogP contribution is -2.43. The summed E-state index contributed by atoms with van der Waals surface area (Å²) < 4.78 is 5.29. The van der Waals surface area contributed by atoms with Crippen LogP contribution in [0.3, 0.4) is 0 Å². The summed E-state index contributed by atoms with van der Waals surface area (Å²) in [7, 11) is 0. The van der Waals surface area contributed by atoms with Gasteiger partial charge < -0.3 is 25.4 Å². The fourth-order valence-electron chi connectivity index (χ4n) is 1.47. The van der Waals surface area contributed by atoms with Gasteiger partial charge in [0.1, 0.15) is 24.5 Å². The first kappa shape index (κ1) is 15.9. The van der Waals surface area contributed by atoms with E-state index in [0.717, 1.165) is 0 Å². The average Bonchev–Trinajstić information content (AvgIpc) is 2.41. The molecule has 20 heavy (non-hydrogen) atoms. The third-order valence-corrected chi connectivity index (χ3v) is 2.46. The molecule has 0 aliphatic heterocycles. The lowest BCUT2D eigenvalue weighted by atomic mass is 10.2. The average molecular weight is 283 g/mol. The predicted molar refractivity (Wildman–Crippen MR) is 69.6 cm³/mol. The molecule has 0 aliphatic rings. The molecule has 0 spiro atoms. The van der Waals surface area contributed by atoms with Gasteiger partial charge in [-0.15, -0.1) is 0 Å². The Morgan fingerprint density at radius 2 is 1.85 bits per heavy atom. The van der Waals surface area contributed by atoms with E-state index < -0.39 is 30.5 Å². The molecule has 0 heterocycles. The maximum absolute atomic E-state index is 10.8. The van der Waals surface area contributed by atoms with Crippen molar-refractivity contribution < 1.29 is 29.6 Å². The minimum atomic E-state index is -1.27. The number of nitrogens with one attached hydrogen (secondary N) is 1. The molecule has 0 saturated heterocycles. The second-order valence-corrected chi connectivity index (χ2v) is 4.17. The summed E-state index contributed by atoms with van der Waals surface area (Å²) in [4.78, 5) is 21.3. The van der Waals surface area contributed by atoms with Crippen LogP contribution >= 0.6 is 0 Å². The predicted octanol–water partition coefficient (Wildman–Crippen LogP) is -0.0562. The minimum absolute atomic E-state index is 0.0174. The van der Waals surface area contributed by atoms with E-state index >= 15 is 0 Å². The van der Waals surface area contributed by atoms with Gasteiger partial charge in [0.15, 0.2) is 0 Å². The molecule has 110 valence electrons. The Bertz CT molecular complexity index is 436. The van der Waals surface area contributed by atoms with Crippen LogP contribution in [-0.4, -0.2) is 52.6 Å². The topological polar surface area (TPSA) is 116 Å². The summed E-state index contributed by atoms with van der Waals surface area (Å²) in [6.07, 6.45) is -1.49. The standard InChI is InChI=1S/C13H17NO6/c15-9(8-20-10-4-2-1-3-5-10)7-14-11(13(18)19)6-12(16)17/h1-5,9,11,14-15H,6-8H2,(H,16,17)(H,18,19)/t9-,11+/m0/s1. The molecule has 0 fully saturated rings. The molecule has 1 aromatic rings. The molecule has 0 amide bonds. The van der Waals surface area contributed by atoms with Crippen molar-refractivity contribution in [2.75, 3.05) is 13.2 Å². The fraction of sp³-hybridized carbons (Fsp3) is 0.385. The van der Waals surface area contributed by atoms with E-state index in [1.54, 1.807) is 24.3 Å². The molecule has 0 aliphatic carbocycles. The first-order chi connectivity index (χ1) is 9.49. The van der Waals surface area contributed by atoms with Crippen molar-refractivity contribution in [1.29, 1.82) is 0 Å². The summed E-state index contributed by atoms with van der Waals surface area (Å²) in [6, 6.07) is 7.61. The number of para-hydroxylation sites is 1. The zero-order valence-electron chi connectivity index (χ0n) is 10.7. The van der Waals surface area contributed by atoms with Crippen LogP contribution in [0.15, 0.2) is 30.3 Å². The molecule has 4 N–H and O–H groups in total. The molecular formula is C13H17NO6. The third-order valence-electron chi connectivity index (χ3n) is 2.46. The largest absolute Gasteiger partial charge is 0.491 e. The highest BCUT2D eigenvalue weighted by atomic mass is 16.5. The van der Waals surface area contributed by atoms with Crippen LogP contribution in [0.4, 0.5) is 0 Å². The fourth-order valence-corrected chi connectivity index (χ4v) is 1.47. The molecule has 7 nitrogen and oxygen atoms in total. The van der Waals surface area contributed by atoms with E-state index in [-0.39, 0.29) is 13.2 Å². The maximum atomic E-state index is 10.8. The number of hydrogen-bond donors (Lipinski definition) is 4. The van der Waals surface area contributed by atoms with Gasteiger partial charge in [0.25, 0.3) is 0 Å². The molecular weight excluding hydrogens is 266 g/mol. The van der Waals surface area contributed by atoms with Gasteiger partial charge in [0.2, 0.25) is 0 Å². The van der Waals surface area contributed by atoms with Crippen molar-refractivity contribution in [3.63, 3.8) is 0 Å². The molecule has 0 saturated carbocycles. The summed E-state index contributed by atoms with van der Waals surface area (Å²) >= 11 is 0. The second-order valence-electron chi connectivity index (χ2n) is 4.17. The van der Waals surface area contributed by atoms with Gasteiger partial charge in [-0.25, -0.2) is 0 Å². The maximum Gasteiger partial charge on any atom is 0.321 e. The molecule has 1 rings (SSSR count). The number of carbonyl (C=O) groups is 2. The normalized spacial score (nSPS) is 13.4. The number of aliphatic carboxylic acids is 2. The smallest absolute Gasteiger partial charge is 0.321 e. The minimum Gasteiger partial charge on any atom is -0.491 e. The van der Waals surface area contributed by atoms with Gasteiger partial charge >= 0.3 is 11.9 Å². The van der Waals surface area contributed by atoms with Crippen LogP contribution < -0.4 is 10.1 Å². The number of carboxylic acids is 2. The van der Waals surface area contributed by atoms with Gasteiger partial charge in [0, 0.05) is 6.54 Å². The van der Waals surface area contributed by atoms with E-state index in [1.807, 2.05) is 6.07 Å². The van der Waals surface area contributed by atoms with Gasteiger partial charge in [-0.3, -0.25) is 9.59 Å². The van der Waals surface area contributed by atoms with Gasteiger partial charge in [-0.1, -0.05) is 18.2 Å². The zero-order chi connectivity index (χ0) is 15.0. The van der Waals surface area contributed by atoms with Crippen LogP contribution in [-0.2, 0) is 9.59 Å². The Kier molecular flexibility index (Phi) is 6.48. The Hall–Kier alpha value is -2.12. The Morgan fingerprint density at radius 3 is 2.40 bits per heavy atom. The summed E-state index contributed by atoms with van der Waals surface area (Å²) in [5.41, 5.74) is 0. The monoisotopic (exact) mass is 283 g/mol. The van der Waals surface area contributed by atoms with Crippen molar-refractivity contribution in [1.82, 2.24) is 5.32 Å². The van der Waals surface area contributed by atoms with Crippen LogP contribution in [0.1, 0.15) is 6.42 Å². The Morgan fingerprint density at radius 1 is 1.20 bits per heavy atom. The summed E-state index contributed by atoms with van der Waals surface area (Å²) in [5, 5.41) is 29.5. The first-order valence-electron chi connectivity index (χ1n) is 6.03. The van der Waals surface area contributed by atoms with E-state index in [0.29, 0.717) is 5.75 Å². The Labute approximate surface area is 115 Å². The molecule has 7 heteroatoms. The molecule has 1 aromatic carbocycles. The van der Waals surface area contributed by atoms with Gasteiger partial charge in [-0.05, 0) is 12.1 Å². The quantitative estimate of drug-likeness (QED) is 0.502. The third kappa shape index (κ3) is 6.17. The zero-order valence-corrected chi connectivity index (χ0v) is 10.7. The number of aliphatic hydroxyl groups excluding tert-OH is 1. The Balaban J connectivity index is 2.32. The molecule has 0 radical (unpaired) electrons. The van der Waals surface area contributed by atoms with Crippen LogP contribution in [0.2, 0.25) is 0 Å². The molecule has 0 unspecified atom stereocenters. The van der Waals surface area contributed by atoms with Crippen molar-refractivity contribution in [2.24, 2.45) is 0 Å². The van der Waals surface area contributed by atoms with Crippen molar-refractivity contribution in [3.8, 4) is 5.75 Å². The van der Waals surface area contributed by atoms with E-state index in [2.05, 4.69) is 5.32 Å². The molecule has 2 atom stereocenters. The number of benzene rings is 1. The number of ether oxygens (including phenoxy) is 1. The highest BCUT2D eigenvalue weighted by molar-refractivity contribution is 5.80. The number of aliphatic hydroxyl groups is 1. The van der Waals surface area contributed by atoms with Gasteiger partial charge in [0.05, 0.1) is 6.42 Å². The summed E-state index contributed by atoms with van der Waals surface area (Å²) in [5.74, 6) is -1.91. The number of hydrogen-bond acceptors (Lipinski definition) is 5. The van der Waals surface area contributed by atoms with E-state index in [9.17, 15) is 14.7 Å². The highest BCUT2D eigenvalue weighted by Crippen LogP contribution is 2.08. The lowest BCUT2D eigenvalue weighted by molar-refractivity contribution is -0.146. The van der Waals surface area contributed by atoms with Crippen LogP contribution in [0.25, 0.3) is 0 Å². The van der Waals surface area contributed by atoms with E-state index in [4.69, 9.17) is 14.9 Å². The lowest BCUT2D eigenvalue weighted by Gasteiger charge is -2.16. The number of rotatable bonds is 9. The SMILES string of the molecule is O=C(O)C[C@@H](NC[C@H](O)COc1ccccc1)C(=O)O.